The first-order valence-corrected chi connectivity index (χ1v) is 8.96. The Labute approximate surface area is 160 Å². The molecule has 7 nitrogen and oxygen atoms in total. The van der Waals surface area contributed by atoms with E-state index in [0.29, 0.717) is 23.4 Å². The fourth-order valence-electron chi connectivity index (χ4n) is 2.68. The van der Waals surface area contributed by atoms with Crippen LogP contribution in [-0.2, 0) is 16.0 Å². The van der Waals surface area contributed by atoms with Gasteiger partial charge in [0, 0.05) is 18.7 Å². The summed E-state index contributed by atoms with van der Waals surface area (Å²) >= 11 is 0. The summed E-state index contributed by atoms with van der Waals surface area (Å²) in [5.41, 5.74) is 0.525. The van der Waals surface area contributed by atoms with Gasteiger partial charge in [-0.3, -0.25) is 9.69 Å². The number of anilines is 1. The zero-order valence-electron chi connectivity index (χ0n) is 16.9. The van der Waals surface area contributed by atoms with Crippen LogP contribution in [0.15, 0.2) is 18.2 Å². The summed E-state index contributed by atoms with van der Waals surface area (Å²) in [6.45, 7) is 11.6. The minimum atomic E-state index is -0.642. The molecule has 0 fully saturated rings. The van der Waals surface area contributed by atoms with E-state index in [1.807, 2.05) is 0 Å². The van der Waals surface area contributed by atoms with Gasteiger partial charge in [0.25, 0.3) is 0 Å². The number of rotatable bonds is 1. The minimum absolute atomic E-state index is 0.241. The molecule has 0 atom stereocenters. The van der Waals surface area contributed by atoms with E-state index in [9.17, 15) is 14.4 Å². The van der Waals surface area contributed by atoms with Gasteiger partial charge in [0.05, 0.1) is 12.2 Å². The van der Waals surface area contributed by atoms with Crippen molar-refractivity contribution in [3.63, 3.8) is 0 Å². The molecular formula is C20H28N2O5. The largest absolute Gasteiger partial charge is 0.444 e. The summed E-state index contributed by atoms with van der Waals surface area (Å²) in [4.78, 5) is 39.4. The second kappa shape index (κ2) is 7.58. The number of hydrogen-bond acceptors (Lipinski definition) is 5. The van der Waals surface area contributed by atoms with Gasteiger partial charge in [-0.15, -0.1) is 0 Å². The molecule has 0 N–H and O–H groups in total. The SMILES string of the molecule is CC(C)(C)OC(=O)N1CCN(C(=O)OC(C)(C)C)c2ccc(C=O)cc2C1. The molecule has 0 unspecified atom stereocenters. The molecule has 2 rings (SSSR count). The van der Waals surface area contributed by atoms with Crippen LogP contribution in [0.3, 0.4) is 0 Å². The van der Waals surface area contributed by atoms with E-state index in [-0.39, 0.29) is 13.1 Å². The molecule has 0 saturated heterocycles. The summed E-state index contributed by atoms with van der Waals surface area (Å²) in [7, 11) is 0. The number of amides is 2. The maximum absolute atomic E-state index is 12.7. The first-order valence-electron chi connectivity index (χ1n) is 8.96. The average molecular weight is 376 g/mol. The number of nitrogens with zero attached hydrogens (tertiary/aromatic N) is 2. The molecular weight excluding hydrogens is 348 g/mol. The van der Waals surface area contributed by atoms with Crippen LogP contribution in [0, 0.1) is 0 Å². The third-order valence-electron chi connectivity index (χ3n) is 3.75. The Kier molecular flexibility index (Phi) is 5.82. The molecule has 0 radical (unpaired) electrons. The van der Waals surface area contributed by atoms with Crippen molar-refractivity contribution in [2.24, 2.45) is 0 Å². The molecule has 1 aromatic rings. The van der Waals surface area contributed by atoms with Gasteiger partial charge < -0.3 is 14.4 Å². The molecule has 1 heterocycles. The van der Waals surface area contributed by atoms with Crippen LogP contribution in [-0.4, -0.2) is 47.7 Å². The molecule has 0 saturated carbocycles. The highest BCUT2D eigenvalue weighted by atomic mass is 16.6. The zero-order valence-corrected chi connectivity index (χ0v) is 16.9. The third kappa shape index (κ3) is 5.70. The van der Waals surface area contributed by atoms with Crippen molar-refractivity contribution in [1.29, 1.82) is 0 Å². The second-order valence-corrected chi connectivity index (χ2v) is 8.54. The van der Waals surface area contributed by atoms with Crippen molar-refractivity contribution in [2.75, 3.05) is 18.0 Å². The van der Waals surface area contributed by atoms with Crippen LogP contribution >= 0.6 is 0 Å². The predicted molar refractivity (Wildman–Crippen MR) is 102 cm³/mol. The van der Waals surface area contributed by atoms with E-state index in [4.69, 9.17) is 9.47 Å². The van der Waals surface area contributed by atoms with Crippen molar-refractivity contribution in [1.82, 2.24) is 4.90 Å². The number of hydrogen-bond donors (Lipinski definition) is 0. The average Bonchev–Trinajstić information content (AvgIpc) is 2.70. The molecule has 27 heavy (non-hydrogen) atoms. The van der Waals surface area contributed by atoms with Crippen LogP contribution in [0.4, 0.5) is 15.3 Å². The topological polar surface area (TPSA) is 76.2 Å². The Bertz CT molecular complexity index is 731. The maximum Gasteiger partial charge on any atom is 0.414 e. The monoisotopic (exact) mass is 376 g/mol. The fourth-order valence-corrected chi connectivity index (χ4v) is 2.68. The molecule has 1 aliphatic heterocycles. The van der Waals surface area contributed by atoms with Crippen LogP contribution in [0.1, 0.15) is 57.5 Å². The highest BCUT2D eigenvalue weighted by Crippen LogP contribution is 2.28. The first-order chi connectivity index (χ1) is 12.4. The van der Waals surface area contributed by atoms with Crippen molar-refractivity contribution >= 4 is 24.2 Å². The van der Waals surface area contributed by atoms with Gasteiger partial charge in [-0.05, 0) is 65.3 Å². The zero-order chi connectivity index (χ0) is 20.4. The van der Waals surface area contributed by atoms with E-state index < -0.39 is 23.4 Å². The number of aldehydes is 1. The summed E-state index contributed by atoms with van der Waals surface area (Å²) in [6, 6.07) is 5.04. The summed E-state index contributed by atoms with van der Waals surface area (Å²) in [6.07, 6.45) is -0.217. The molecule has 2 amide bonds. The van der Waals surface area contributed by atoms with Gasteiger partial charge in [0.1, 0.15) is 17.5 Å². The molecule has 1 aromatic carbocycles. The first kappa shape index (κ1) is 20.7. The lowest BCUT2D eigenvalue weighted by molar-refractivity contribution is 0.0238. The lowest BCUT2D eigenvalue weighted by atomic mass is 10.1. The standard InChI is InChI=1S/C20H28N2O5/c1-19(2,3)26-17(24)21-9-10-22(18(25)27-20(4,5)6)16-8-7-14(13-23)11-15(16)12-21/h7-8,11,13H,9-10,12H2,1-6H3. The van der Waals surface area contributed by atoms with E-state index >= 15 is 0 Å². The Hall–Kier alpha value is -2.57. The lowest BCUT2D eigenvalue weighted by Crippen LogP contribution is -2.42. The third-order valence-corrected chi connectivity index (χ3v) is 3.75. The summed E-state index contributed by atoms with van der Waals surface area (Å²) in [5.74, 6) is 0. The van der Waals surface area contributed by atoms with Crippen molar-refractivity contribution < 1.29 is 23.9 Å². The normalized spacial score (nSPS) is 14.9. The molecule has 1 aliphatic rings. The summed E-state index contributed by atoms with van der Waals surface area (Å²) in [5, 5.41) is 0. The van der Waals surface area contributed by atoms with Gasteiger partial charge in [-0.2, -0.15) is 0 Å². The molecule has 0 spiro atoms. The highest BCUT2D eigenvalue weighted by molar-refractivity contribution is 5.90. The van der Waals surface area contributed by atoms with Crippen LogP contribution in [0.2, 0.25) is 0 Å². The van der Waals surface area contributed by atoms with Gasteiger partial charge in [-0.1, -0.05) is 0 Å². The van der Waals surface area contributed by atoms with Gasteiger partial charge in [-0.25, -0.2) is 9.59 Å². The van der Waals surface area contributed by atoms with Crippen LogP contribution in [0.25, 0.3) is 0 Å². The second-order valence-electron chi connectivity index (χ2n) is 8.54. The molecule has 7 heteroatoms. The minimum Gasteiger partial charge on any atom is -0.444 e. The number of carbonyl (C=O) groups excluding carboxylic acids is 3. The number of ether oxygens (including phenoxy) is 2. The molecule has 148 valence electrons. The van der Waals surface area contributed by atoms with Crippen LogP contribution < -0.4 is 4.90 Å². The Morgan fingerprint density at radius 3 is 2.11 bits per heavy atom. The lowest BCUT2D eigenvalue weighted by Gasteiger charge is -2.28. The van der Waals surface area contributed by atoms with Gasteiger partial charge in [0.15, 0.2) is 0 Å². The Morgan fingerprint density at radius 1 is 0.963 bits per heavy atom. The molecule has 0 aromatic heterocycles. The van der Waals surface area contributed by atoms with E-state index in [1.54, 1.807) is 59.7 Å². The van der Waals surface area contributed by atoms with Crippen molar-refractivity contribution in [3.8, 4) is 0 Å². The maximum atomic E-state index is 12.7. The fraction of sp³-hybridized carbons (Fsp3) is 0.550. The van der Waals surface area contributed by atoms with Crippen molar-refractivity contribution in [2.45, 2.75) is 59.3 Å². The van der Waals surface area contributed by atoms with Crippen LogP contribution in [0.5, 0.6) is 0 Å². The number of benzene rings is 1. The van der Waals surface area contributed by atoms with E-state index in [2.05, 4.69) is 0 Å². The van der Waals surface area contributed by atoms with Gasteiger partial charge in [0.2, 0.25) is 0 Å². The van der Waals surface area contributed by atoms with Crippen molar-refractivity contribution in [3.05, 3.63) is 29.3 Å². The molecule has 0 bridgehead atoms. The van der Waals surface area contributed by atoms with Gasteiger partial charge >= 0.3 is 12.2 Å². The number of fused-ring (bicyclic) bond motifs is 1. The Balaban J connectivity index is 2.36. The number of carbonyl (C=O) groups is 3. The van der Waals surface area contributed by atoms with E-state index in [1.165, 1.54) is 9.80 Å². The summed E-state index contributed by atoms with van der Waals surface area (Å²) < 4.78 is 11.0. The molecule has 0 aliphatic carbocycles. The Morgan fingerprint density at radius 2 is 1.56 bits per heavy atom. The highest BCUT2D eigenvalue weighted by Gasteiger charge is 2.31. The predicted octanol–water partition coefficient (Wildman–Crippen LogP) is 3.99. The van der Waals surface area contributed by atoms with E-state index in [0.717, 1.165) is 6.29 Å². The quantitative estimate of drug-likeness (QED) is 0.693. The smallest absolute Gasteiger partial charge is 0.414 e.